The lowest BCUT2D eigenvalue weighted by molar-refractivity contribution is 0.0862. The second-order valence-corrected chi connectivity index (χ2v) is 10.7. The summed E-state index contributed by atoms with van der Waals surface area (Å²) in [6, 6.07) is 25.2. The van der Waals surface area contributed by atoms with Gasteiger partial charge in [-0.1, -0.05) is 48.5 Å². The number of anilines is 1. The Bertz CT molecular complexity index is 1790. The summed E-state index contributed by atoms with van der Waals surface area (Å²) >= 11 is 0. The number of methoxy groups -OCH3 is 1. The van der Waals surface area contributed by atoms with Crippen molar-refractivity contribution in [2.75, 3.05) is 32.1 Å². The first kappa shape index (κ1) is 28.0. The predicted molar refractivity (Wildman–Crippen MR) is 166 cm³/mol. The van der Waals surface area contributed by atoms with Gasteiger partial charge in [-0.05, 0) is 49.6 Å². The molecule has 0 unspecified atom stereocenters. The molecule has 0 atom stereocenters. The molecular formula is C33H34N6O4. The third kappa shape index (κ3) is 5.68. The quantitative estimate of drug-likeness (QED) is 0.278. The van der Waals surface area contributed by atoms with E-state index in [1.807, 2.05) is 85.8 Å². The molecule has 0 bridgehead atoms. The first-order valence-corrected chi connectivity index (χ1v) is 14.3. The lowest BCUT2D eigenvalue weighted by Crippen LogP contribution is -2.45. The molecule has 1 aliphatic rings. The zero-order chi connectivity index (χ0) is 29.9. The molecule has 0 aliphatic carbocycles. The number of aromatic nitrogens is 4. The summed E-state index contributed by atoms with van der Waals surface area (Å²) in [5.74, 6) is 1.03. The number of H-pyrrole nitrogens is 1. The van der Waals surface area contributed by atoms with Crippen LogP contribution in [0.4, 0.5) is 10.5 Å². The van der Waals surface area contributed by atoms with Crippen LogP contribution in [-0.4, -0.2) is 64.0 Å². The number of rotatable bonds is 7. The maximum Gasteiger partial charge on any atom is 0.410 e. The van der Waals surface area contributed by atoms with Crippen LogP contribution in [0.2, 0.25) is 0 Å². The summed E-state index contributed by atoms with van der Waals surface area (Å²) < 4.78 is 12.9. The molecule has 1 saturated heterocycles. The number of carbonyl (C=O) groups excluding carboxylic acids is 1. The number of aromatic amines is 1. The molecule has 43 heavy (non-hydrogen) atoms. The molecule has 5 aromatic rings. The Hall–Kier alpha value is -5.12. The van der Waals surface area contributed by atoms with Crippen molar-refractivity contribution in [1.29, 1.82) is 0 Å². The number of amides is 1. The van der Waals surface area contributed by atoms with Gasteiger partial charge in [0.1, 0.15) is 23.7 Å². The highest BCUT2D eigenvalue weighted by molar-refractivity contribution is 5.81. The van der Waals surface area contributed by atoms with Crippen LogP contribution in [0, 0.1) is 6.92 Å². The number of ether oxygens (including phenoxy) is 2. The normalized spacial score (nSPS) is 13.7. The van der Waals surface area contributed by atoms with Gasteiger partial charge in [0.15, 0.2) is 5.52 Å². The van der Waals surface area contributed by atoms with Gasteiger partial charge in [0, 0.05) is 37.9 Å². The molecule has 10 heteroatoms. The van der Waals surface area contributed by atoms with E-state index >= 15 is 0 Å². The summed E-state index contributed by atoms with van der Waals surface area (Å²) in [5, 5.41) is 4.59. The van der Waals surface area contributed by atoms with Crippen molar-refractivity contribution < 1.29 is 14.3 Å². The monoisotopic (exact) mass is 578 g/mol. The molecule has 0 saturated carbocycles. The number of para-hydroxylation sites is 1. The van der Waals surface area contributed by atoms with E-state index < -0.39 is 0 Å². The van der Waals surface area contributed by atoms with Gasteiger partial charge in [-0.15, -0.1) is 0 Å². The fourth-order valence-electron chi connectivity index (χ4n) is 5.60. The van der Waals surface area contributed by atoms with Crippen LogP contribution >= 0.6 is 0 Å². The summed E-state index contributed by atoms with van der Waals surface area (Å²) in [7, 11) is 3.42. The number of benzene rings is 3. The van der Waals surface area contributed by atoms with Crippen LogP contribution in [0.1, 0.15) is 24.1 Å². The molecule has 1 fully saturated rings. The van der Waals surface area contributed by atoms with Gasteiger partial charge in [-0.3, -0.25) is 4.79 Å². The number of hydrogen-bond donors (Lipinski definition) is 1. The molecule has 6 rings (SSSR count). The third-order valence-electron chi connectivity index (χ3n) is 8.01. The molecule has 1 aliphatic heterocycles. The van der Waals surface area contributed by atoms with Crippen molar-refractivity contribution >= 4 is 22.8 Å². The first-order valence-electron chi connectivity index (χ1n) is 14.3. The van der Waals surface area contributed by atoms with Crippen molar-refractivity contribution in [3.8, 4) is 22.8 Å². The molecule has 2 aromatic heterocycles. The smallest absolute Gasteiger partial charge is 0.410 e. The Balaban J connectivity index is 1.16. The standard InChI is InChI=1S/C33H34N6O4/c1-22-29-30(39(36-22)25-12-8-5-9-13-25)32(40)35-31(34-29)27-15-14-26(20-28(27)42-3)38-18-16-24(17-19-38)37(2)33(41)43-21-23-10-6-4-7-11-23/h4-15,20,24H,16-19,21H2,1-3H3,(H,34,35,40). The highest BCUT2D eigenvalue weighted by atomic mass is 16.6. The number of aryl methyl sites for hydroxylation is 1. The predicted octanol–water partition coefficient (Wildman–Crippen LogP) is 5.33. The summed E-state index contributed by atoms with van der Waals surface area (Å²) in [5.41, 5.74) is 4.79. The van der Waals surface area contributed by atoms with Crippen LogP contribution in [0.5, 0.6) is 5.75 Å². The Morgan fingerprint density at radius 3 is 2.40 bits per heavy atom. The molecule has 0 spiro atoms. The third-order valence-corrected chi connectivity index (χ3v) is 8.01. The van der Waals surface area contributed by atoms with E-state index in [1.165, 1.54) is 0 Å². The van der Waals surface area contributed by atoms with E-state index in [1.54, 1.807) is 23.7 Å². The summed E-state index contributed by atoms with van der Waals surface area (Å²) in [4.78, 5) is 37.7. The summed E-state index contributed by atoms with van der Waals surface area (Å²) in [6.07, 6.45) is 1.32. The highest BCUT2D eigenvalue weighted by Crippen LogP contribution is 2.34. The SMILES string of the molecule is COc1cc(N2CCC(N(C)C(=O)OCc3ccccc3)CC2)ccc1-c1nc2c(C)nn(-c3ccccc3)c2c(=O)[nH]1. The van der Waals surface area contributed by atoms with E-state index in [0.29, 0.717) is 33.9 Å². The average molecular weight is 579 g/mol. The van der Waals surface area contributed by atoms with Crippen molar-refractivity contribution in [3.05, 3.63) is 100 Å². The first-order chi connectivity index (χ1) is 20.9. The van der Waals surface area contributed by atoms with Gasteiger partial charge in [0.2, 0.25) is 0 Å². The molecule has 1 N–H and O–H groups in total. The number of nitrogens with zero attached hydrogens (tertiary/aromatic N) is 5. The van der Waals surface area contributed by atoms with Crippen molar-refractivity contribution in [2.45, 2.75) is 32.4 Å². The zero-order valence-corrected chi connectivity index (χ0v) is 24.5. The highest BCUT2D eigenvalue weighted by Gasteiger charge is 2.27. The van der Waals surface area contributed by atoms with Gasteiger partial charge in [-0.2, -0.15) is 5.10 Å². The second-order valence-electron chi connectivity index (χ2n) is 10.7. The van der Waals surface area contributed by atoms with E-state index in [9.17, 15) is 9.59 Å². The fourth-order valence-corrected chi connectivity index (χ4v) is 5.60. The van der Waals surface area contributed by atoms with Crippen molar-refractivity contribution in [3.63, 3.8) is 0 Å². The molecule has 1 amide bonds. The Morgan fingerprint density at radius 2 is 1.70 bits per heavy atom. The Kier molecular flexibility index (Phi) is 7.83. The van der Waals surface area contributed by atoms with Crippen molar-refractivity contribution in [1.82, 2.24) is 24.6 Å². The molecule has 3 aromatic carbocycles. The van der Waals surface area contributed by atoms with Crippen LogP contribution < -0.4 is 15.2 Å². The maximum atomic E-state index is 13.3. The van der Waals surface area contributed by atoms with Gasteiger partial charge in [-0.25, -0.2) is 14.5 Å². The molecule has 0 radical (unpaired) electrons. The Labute approximate surface area is 249 Å². The fraction of sp³-hybridized carbons (Fsp3) is 0.273. The average Bonchev–Trinajstić information content (AvgIpc) is 3.40. The van der Waals surface area contributed by atoms with Gasteiger partial charge < -0.3 is 24.3 Å². The number of nitrogens with one attached hydrogen (secondary N) is 1. The zero-order valence-electron chi connectivity index (χ0n) is 24.5. The number of piperidine rings is 1. The maximum absolute atomic E-state index is 13.3. The number of carbonyl (C=O) groups is 1. The van der Waals surface area contributed by atoms with Crippen molar-refractivity contribution in [2.24, 2.45) is 0 Å². The topological polar surface area (TPSA) is 106 Å². The van der Waals surface area contributed by atoms with Gasteiger partial charge >= 0.3 is 6.09 Å². The molecule has 220 valence electrons. The van der Waals surface area contributed by atoms with E-state index in [-0.39, 0.29) is 24.3 Å². The Morgan fingerprint density at radius 1 is 1.00 bits per heavy atom. The van der Waals surface area contributed by atoms with Gasteiger partial charge in [0.05, 0.1) is 24.1 Å². The van der Waals surface area contributed by atoms with E-state index in [0.717, 1.165) is 42.9 Å². The lowest BCUT2D eigenvalue weighted by atomic mass is 10.0. The van der Waals surface area contributed by atoms with Crippen LogP contribution in [-0.2, 0) is 11.3 Å². The lowest BCUT2D eigenvalue weighted by Gasteiger charge is -2.37. The van der Waals surface area contributed by atoms with Crippen LogP contribution in [0.3, 0.4) is 0 Å². The molecular weight excluding hydrogens is 544 g/mol. The van der Waals surface area contributed by atoms with E-state index in [4.69, 9.17) is 14.5 Å². The van der Waals surface area contributed by atoms with E-state index in [2.05, 4.69) is 15.0 Å². The number of hydrogen-bond acceptors (Lipinski definition) is 7. The second kappa shape index (κ2) is 12.0. The minimum absolute atomic E-state index is 0.0988. The largest absolute Gasteiger partial charge is 0.496 e. The van der Waals surface area contributed by atoms with Gasteiger partial charge in [0.25, 0.3) is 5.56 Å². The minimum Gasteiger partial charge on any atom is -0.496 e. The van der Waals surface area contributed by atoms with Crippen LogP contribution in [0.15, 0.2) is 83.7 Å². The number of fused-ring (bicyclic) bond motifs is 1. The summed E-state index contributed by atoms with van der Waals surface area (Å²) in [6.45, 7) is 3.67. The molecule has 10 nitrogen and oxygen atoms in total. The molecule has 3 heterocycles. The minimum atomic E-state index is -0.309. The van der Waals surface area contributed by atoms with Crippen LogP contribution in [0.25, 0.3) is 28.1 Å².